The zero-order valence-corrected chi connectivity index (χ0v) is 10.7. The van der Waals surface area contributed by atoms with Crippen molar-refractivity contribution in [2.75, 3.05) is 7.11 Å². The summed E-state index contributed by atoms with van der Waals surface area (Å²) in [7, 11) is 1.60. The van der Waals surface area contributed by atoms with E-state index in [0.29, 0.717) is 16.7 Å². The lowest BCUT2D eigenvalue weighted by Crippen LogP contribution is -2.11. The lowest BCUT2D eigenvalue weighted by atomic mass is 9.91. The maximum Gasteiger partial charge on any atom is 0.137 e. The van der Waals surface area contributed by atoms with Crippen LogP contribution in [0.25, 0.3) is 0 Å². The molecule has 1 aromatic carbocycles. The topological polar surface area (TPSA) is 29.5 Å². The number of rotatable bonds is 3. The van der Waals surface area contributed by atoms with E-state index < -0.39 is 0 Å². The van der Waals surface area contributed by atoms with Crippen molar-refractivity contribution < 1.29 is 9.84 Å². The van der Waals surface area contributed by atoms with Crippen molar-refractivity contribution in [3.8, 4) is 5.75 Å². The number of aliphatic hydroxyl groups is 1. The lowest BCUT2D eigenvalue weighted by molar-refractivity contribution is 0.104. The van der Waals surface area contributed by atoms with Crippen molar-refractivity contribution in [2.45, 2.75) is 25.4 Å². The third-order valence-electron chi connectivity index (χ3n) is 4.24. The zero-order valence-electron chi connectivity index (χ0n) is 9.90. The first kappa shape index (κ1) is 11.4. The van der Waals surface area contributed by atoms with E-state index >= 15 is 0 Å². The molecule has 3 heteroatoms. The molecule has 0 saturated heterocycles. The lowest BCUT2D eigenvalue weighted by Gasteiger charge is -2.20. The first-order valence-corrected chi connectivity index (χ1v) is 6.58. The van der Waals surface area contributed by atoms with Gasteiger partial charge >= 0.3 is 0 Å². The van der Waals surface area contributed by atoms with Crippen molar-refractivity contribution in [1.82, 2.24) is 0 Å². The Hall–Kier alpha value is -0.730. The highest BCUT2D eigenvalue weighted by Crippen LogP contribution is 2.57. The van der Waals surface area contributed by atoms with Crippen molar-refractivity contribution in [3.63, 3.8) is 0 Å². The molecule has 92 valence electrons. The van der Waals surface area contributed by atoms with Gasteiger partial charge in [0.25, 0.3) is 0 Å². The van der Waals surface area contributed by atoms with Crippen molar-refractivity contribution in [2.24, 2.45) is 17.8 Å². The average Bonchev–Trinajstić information content (AvgIpc) is 2.95. The van der Waals surface area contributed by atoms with Crippen molar-refractivity contribution in [3.05, 3.63) is 28.8 Å². The highest BCUT2D eigenvalue weighted by Gasteiger charge is 2.47. The summed E-state index contributed by atoms with van der Waals surface area (Å²) in [5, 5.41) is 10.9. The van der Waals surface area contributed by atoms with Gasteiger partial charge in [0.05, 0.1) is 18.2 Å². The molecule has 0 radical (unpaired) electrons. The maximum atomic E-state index is 10.3. The minimum absolute atomic E-state index is 0.369. The van der Waals surface area contributed by atoms with E-state index in [1.165, 1.54) is 19.3 Å². The molecule has 2 saturated carbocycles. The number of benzene rings is 1. The largest absolute Gasteiger partial charge is 0.495 e. The summed E-state index contributed by atoms with van der Waals surface area (Å²) in [6.45, 7) is 0. The van der Waals surface area contributed by atoms with E-state index in [9.17, 15) is 5.11 Å². The number of aliphatic hydroxyl groups excluding tert-OH is 1. The second-order valence-corrected chi connectivity index (χ2v) is 5.73. The van der Waals surface area contributed by atoms with E-state index in [4.69, 9.17) is 16.3 Å². The van der Waals surface area contributed by atoms with E-state index in [2.05, 4.69) is 0 Å². The smallest absolute Gasteiger partial charge is 0.137 e. The minimum Gasteiger partial charge on any atom is -0.495 e. The Kier molecular flexibility index (Phi) is 2.80. The molecular formula is C14H17ClO2. The average molecular weight is 253 g/mol. The first-order chi connectivity index (χ1) is 8.19. The standard InChI is InChI=1S/C14H17ClO2/c1-17-13-3-2-8(7-12(13)15)14(16)11-5-9-4-10(9)6-11/h2-3,7,9-11,14,16H,4-6H2,1H3. The van der Waals surface area contributed by atoms with Gasteiger partial charge in [0.1, 0.15) is 5.75 Å². The molecule has 3 atom stereocenters. The van der Waals surface area contributed by atoms with Crippen LogP contribution in [0.2, 0.25) is 5.02 Å². The van der Waals surface area contributed by atoms with Crippen LogP contribution in [-0.4, -0.2) is 12.2 Å². The Morgan fingerprint density at radius 3 is 2.59 bits per heavy atom. The number of fused-ring (bicyclic) bond motifs is 1. The van der Waals surface area contributed by atoms with Crippen LogP contribution in [0.1, 0.15) is 30.9 Å². The van der Waals surface area contributed by atoms with E-state index in [-0.39, 0.29) is 6.10 Å². The summed E-state index contributed by atoms with van der Waals surface area (Å²) in [6, 6.07) is 5.57. The van der Waals surface area contributed by atoms with Gasteiger partial charge in [0.15, 0.2) is 0 Å². The van der Waals surface area contributed by atoms with Gasteiger partial charge in [-0.25, -0.2) is 0 Å². The number of halogens is 1. The van der Waals surface area contributed by atoms with Crippen LogP contribution in [0.15, 0.2) is 18.2 Å². The van der Waals surface area contributed by atoms with E-state index in [0.717, 1.165) is 17.4 Å². The van der Waals surface area contributed by atoms with Crippen molar-refractivity contribution >= 4 is 11.6 Å². The van der Waals surface area contributed by atoms with Gasteiger partial charge in [-0.3, -0.25) is 0 Å². The molecule has 3 unspecified atom stereocenters. The van der Waals surface area contributed by atoms with Crippen LogP contribution in [-0.2, 0) is 0 Å². The van der Waals surface area contributed by atoms with Gasteiger partial charge in [-0.2, -0.15) is 0 Å². The van der Waals surface area contributed by atoms with Crippen LogP contribution in [0.3, 0.4) is 0 Å². The second-order valence-electron chi connectivity index (χ2n) is 5.33. The van der Waals surface area contributed by atoms with Gasteiger partial charge in [0.2, 0.25) is 0 Å². The Morgan fingerprint density at radius 2 is 2.00 bits per heavy atom. The molecule has 0 bridgehead atoms. The summed E-state index contributed by atoms with van der Waals surface area (Å²) in [5.74, 6) is 2.87. The van der Waals surface area contributed by atoms with Gasteiger partial charge < -0.3 is 9.84 Å². The predicted molar refractivity (Wildman–Crippen MR) is 67.3 cm³/mol. The SMILES string of the molecule is COc1ccc(C(O)C2CC3CC3C2)cc1Cl. The Balaban J connectivity index is 1.76. The summed E-state index contributed by atoms with van der Waals surface area (Å²) >= 11 is 6.08. The number of hydrogen-bond donors (Lipinski definition) is 1. The van der Waals surface area contributed by atoms with E-state index in [1.807, 2.05) is 18.2 Å². The van der Waals surface area contributed by atoms with E-state index in [1.54, 1.807) is 7.11 Å². The fourth-order valence-electron chi connectivity index (χ4n) is 3.16. The zero-order chi connectivity index (χ0) is 12.0. The third kappa shape index (κ3) is 2.04. The molecule has 3 rings (SSSR count). The van der Waals surface area contributed by atoms with Crippen LogP contribution >= 0.6 is 11.6 Å². The molecule has 2 aliphatic carbocycles. The minimum atomic E-state index is -0.369. The Bertz CT molecular complexity index is 422. The summed E-state index contributed by atoms with van der Waals surface area (Å²) in [5.41, 5.74) is 0.919. The normalized spacial score (nSPS) is 32.1. The fraction of sp³-hybridized carbons (Fsp3) is 0.571. The summed E-state index contributed by atoms with van der Waals surface area (Å²) in [4.78, 5) is 0. The highest BCUT2D eigenvalue weighted by atomic mass is 35.5. The second kappa shape index (κ2) is 4.18. The van der Waals surface area contributed by atoms with Crippen molar-refractivity contribution in [1.29, 1.82) is 0 Å². The van der Waals surface area contributed by atoms with Gasteiger partial charge in [-0.05, 0) is 54.7 Å². The first-order valence-electron chi connectivity index (χ1n) is 6.20. The third-order valence-corrected chi connectivity index (χ3v) is 4.54. The van der Waals surface area contributed by atoms with Crippen LogP contribution in [0.5, 0.6) is 5.75 Å². The molecule has 0 heterocycles. The quantitative estimate of drug-likeness (QED) is 0.893. The fourth-order valence-corrected chi connectivity index (χ4v) is 3.42. The molecule has 17 heavy (non-hydrogen) atoms. The summed E-state index contributed by atoms with van der Waals surface area (Å²) < 4.78 is 5.12. The van der Waals surface area contributed by atoms with Gasteiger partial charge in [-0.15, -0.1) is 0 Å². The molecule has 0 aromatic heterocycles. The Labute approximate surface area is 107 Å². The molecule has 2 nitrogen and oxygen atoms in total. The number of hydrogen-bond acceptors (Lipinski definition) is 2. The number of ether oxygens (including phenoxy) is 1. The van der Waals surface area contributed by atoms with Crippen LogP contribution < -0.4 is 4.74 Å². The predicted octanol–water partition coefficient (Wildman–Crippen LogP) is 3.43. The molecule has 0 amide bonds. The monoisotopic (exact) mass is 252 g/mol. The van der Waals surface area contributed by atoms with Crippen LogP contribution in [0.4, 0.5) is 0 Å². The molecule has 0 aliphatic heterocycles. The Morgan fingerprint density at radius 1 is 1.29 bits per heavy atom. The molecular weight excluding hydrogens is 236 g/mol. The molecule has 2 aliphatic rings. The number of methoxy groups -OCH3 is 1. The molecule has 1 N–H and O–H groups in total. The summed E-state index contributed by atoms with van der Waals surface area (Å²) in [6.07, 6.45) is 3.36. The molecule has 0 spiro atoms. The van der Waals surface area contributed by atoms with Crippen LogP contribution in [0, 0.1) is 17.8 Å². The molecule has 2 fully saturated rings. The maximum absolute atomic E-state index is 10.3. The molecule has 1 aromatic rings. The van der Waals surface area contributed by atoms with Gasteiger partial charge in [-0.1, -0.05) is 17.7 Å². The van der Waals surface area contributed by atoms with Gasteiger partial charge in [0, 0.05) is 0 Å². The highest BCUT2D eigenvalue weighted by molar-refractivity contribution is 6.32.